The Morgan fingerprint density at radius 3 is 2.59 bits per heavy atom. The fourth-order valence-electron chi connectivity index (χ4n) is 2.49. The summed E-state index contributed by atoms with van der Waals surface area (Å²) in [6.45, 7) is 0.346. The second kappa shape index (κ2) is 10.1. The highest BCUT2D eigenvalue weighted by molar-refractivity contribution is 5.98. The van der Waals surface area contributed by atoms with Crippen LogP contribution in [0.25, 0.3) is 0 Å². The van der Waals surface area contributed by atoms with Gasteiger partial charge in [-0.3, -0.25) is 0 Å². The standard InChI is InChI=1S/C19H22N7O3/c27-13-12-24-9-5-4-8-17(24)21-23-19(16-6-2-1-3-7-16)22-20-14-18(28)25-10-11-26(29)15-25/h1-11,15,18,27-29H,12-14H2/q+1. The molecule has 3 aromatic rings. The predicted molar refractivity (Wildman–Crippen MR) is 103 cm³/mol. The number of pyridine rings is 1. The van der Waals surface area contributed by atoms with Crippen LogP contribution in [0, 0.1) is 0 Å². The smallest absolute Gasteiger partial charge is 0.286 e. The maximum atomic E-state index is 10.1. The first-order chi connectivity index (χ1) is 14.2. The Kier molecular flexibility index (Phi) is 6.98. The minimum absolute atomic E-state index is 0.0166. The number of azo groups is 1. The third kappa shape index (κ3) is 5.67. The summed E-state index contributed by atoms with van der Waals surface area (Å²) >= 11 is 0. The van der Waals surface area contributed by atoms with Crippen molar-refractivity contribution in [3.05, 3.63) is 84.5 Å². The van der Waals surface area contributed by atoms with E-state index < -0.39 is 6.23 Å². The van der Waals surface area contributed by atoms with Crippen molar-refractivity contribution >= 4 is 5.84 Å². The third-order valence-electron chi connectivity index (χ3n) is 3.93. The van der Waals surface area contributed by atoms with Gasteiger partial charge in [-0.15, -0.1) is 15.3 Å². The zero-order chi connectivity index (χ0) is 20.5. The molecule has 1 atom stereocenters. The van der Waals surface area contributed by atoms with Crippen LogP contribution in [0.5, 0.6) is 0 Å². The van der Waals surface area contributed by atoms with Crippen molar-refractivity contribution in [1.29, 1.82) is 0 Å². The summed E-state index contributed by atoms with van der Waals surface area (Å²) in [5.74, 6) is 0.280. The van der Waals surface area contributed by atoms with E-state index in [9.17, 15) is 15.4 Å². The molecule has 150 valence electrons. The second-order valence-corrected chi connectivity index (χ2v) is 6.01. The molecule has 0 aliphatic carbocycles. The molecule has 10 nitrogen and oxygen atoms in total. The minimum atomic E-state index is -0.984. The number of imidazole rings is 1. The van der Waals surface area contributed by atoms with Crippen LogP contribution in [-0.4, -0.2) is 43.7 Å². The van der Waals surface area contributed by atoms with Crippen LogP contribution in [0.3, 0.4) is 0 Å². The molecule has 0 aliphatic heterocycles. The van der Waals surface area contributed by atoms with Crippen LogP contribution in [0.1, 0.15) is 11.8 Å². The van der Waals surface area contributed by atoms with Gasteiger partial charge >= 0.3 is 0 Å². The minimum Gasteiger partial charge on any atom is -0.395 e. The highest BCUT2D eigenvalue weighted by Crippen LogP contribution is 2.04. The molecule has 0 fully saturated rings. The zero-order valence-corrected chi connectivity index (χ0v) is 15.6. The van der Waals surface area contributed by atoms with Crippen LogP contribution >= 0.6 is 0 Å². The Morgan fingerprint density at radius 2 is 1.86 bits per heavy atom. The molecule has 10 heteroatoms. The molecule has 0 saturated carbocycles. The van der Waals surface area contributed by atoms with E-state index in [1.807, 2.05) is 42.5 Å². The molecule has 0 saturated heterocycles. The number of amidine groups is 1. The summed E-state index contributed by atoms with van der Waals surface area (Å²) in [5.41, 5.74) is 1.28. The summed E-state index contributed by atoms with van der Waals surface area (Å²) < 4.78 is 3.99. The number of benzene rings is 1. The van der Waals surface area contributed by atoms with E-state index in [-0.39, 0.29) is 19.0 Å². The number of hydrogen-bond donors (Lipinski definition) is 3. The molecule has 2 heterocycles. The van der Waals surface area contributed by atoms with Gasteiger partial charge in [0.05, 0.1) is 6.61 Å². The van der Waals surface area contributed by atoms with Gasteiger partial charge < -0.3 is 20.0 Å². The summed E-state index contributed by atoms with van der Waals surface area (Å²) in [6.07, 6.45) is 5.03. The van der Waals surface area contributed by atoms with Gasteiger partial charge in [-0.05, 0) is 12.1 Å². The lowest BCUT2D eigenvalue weighted by atomic mass is 10.2. The highest BCUT2D eigenvalue weighted by Gasteiger charge is 2.13. The third-order valence-corrected chi connectivity index (χ3v) is 3.93. The van der Waals surface area contributed by atoms with Gasteiger partial charge in [-0.25, -0.2) is 4.57 Å². The zero-order valence-electron chi connectivity index (χ0n) is 15.6. The van der Waals surface area contributed by atoms with Crippen molar-refractivity contribution in [3.63, 3.8) is 0 Å². The first kappa shape index (κ1) is 20.1. The number of rotatable bonds is 7. The fourth-order valence-corrected chi connectivity index (χ4v) is 2.49. The second-order valence-electron chi connectivity index (χ2n) is 6.01. The van der Waals surface area contributed by atoms with Crippen molar-refractivity contribution in [2.45, 2.75) is 12.8 Å². The monoisotopic (exact) mass is 396 g/mol. The van der Waals surface area contributed by atoms with Crippen molar-refractivity contribution in [1.82, 2.24) is 9.30 Å². The van der Waals surface area contributed by atoms with Gasteiger partial charge in [0.1, 0.15) is 12.7 Å². The van der Waals surface area contributed by atoms with Gasteiger partial charge in [0.2, 0.25) is 12.1 Å². The van der Waals surface area contributed by atoms with Crippen LogP contribution in [0.4, 0.5) is 0 Å². The molecular weight excluding hydrogens is 374 g/mol. The lowest BCUT2D eigenvalue weighted by Gasteiger charge is -2.04. The average molecular weight is 396 g/mol. The largest absolute Gasteiger partial charge is 0.395 e. The number of aliphatic hydroxyl groups excluding tert-OH is 2. The highest BCUT2D eigenvalue weighted by atomic mass is 16.5. The number of hydrogen-bond acceptors (Lipinski definition) is 6. The molecule has 2 aromatic heterocycles. The summed E-state index contributed by atoms with van der Waals surface area (Å²) in [5, 5.41) is 45.2. The molecule has 0 aliphatic rings. The van der Waals surface area contributed by atoms with E-state index in [1.54, 1.807) is 16.8 Å². The summed E-state index contributed by atoms with van der Waals surface area (Å²) in [7, 11) is 0. The van der Waals surface area contributed by atoms with Crippen LogP contribution < -0.4 is 10.1 Å². The van der Waals surface area contributed by atoms with E-state index in [4.69, 9.17) is 0 Å². The van der Waals surface area contributed by atoms with Crippen LogP contribution in [0.2, 0.25) is 0 Å². The Labute approximate surface area is 166 Å². The van der Waals surface area contributed by atoms with Crippen molar-refractivity contribution in [2.24, 2.45) is 20.4 Å². The molecule has 0 bridgehead atoms. The lowest BCUT2D eigenvalue weighted by Crippen LogP contribution is -2.39. The number of nitrogens with zero attached hydrogens (tertiary/aromatic N) is 7. The molecule has 0 amide bonds. The van der Waals surface area contributed by atoms with Gasteiger partial charge in [0.25, 0.3) is 6.33 Å². The molecule has 29 heavy (non-hydrogen) atoms. The number of aliphatic hydroxyl groups is 2. The number of aromatic nitrogens is 3. The molecular formula is C19H22N7O3+. The SMILES string of the molecule is OCCn1ccccc1=NN=C(N=NCC(O)[n+]1ccn(O)c1)c1ccccc1. The maximum Gasteiger partial charge on any atom is 0.286 e. The van der Waals surface area contributed by atoms with Crippen molar-refractivity contribution in [3.8, 4) is 0 Å². The van der Waals surface area contributed by atoms with Gasteiger partial charge in [0.15, 0.2) is 11.7 Å². The van der Waals surface area contributed by atoms with Gasteiger partial charge in [0, 0.05) is 18.3 Å². The van der Waals surface area contributed by atoms with Crippen LogP contribution in [0.15, 0.2) is 93.9 Å². The Bertz CT molecular complexity index is 1040. The Balaban J connectivity index is 1.86. The maximum absolute atomic E-state index is 10.1. The van der Waals surface area contributed by atoms with Gasteiger partial charge in [-0.2, -0.15) is 5.11 Å². The molecule has 0 spiro atoms. The summed E-state index contributed by atoms with van der Waals surface area (Å²) in [6, 6.07) is 14.7. The predicted octanol–water partition coefficient (Wildman–Crippen LogP) is 0.712. The fraction of sp³-hybridized carbons (Fsp3) is 0.211. The Morgan fingerprint density at radius 1 is 1.07 bits per heavy atom. The average Bonchev–Trinajstić information content (AvgIpc) is 3.19. The molecule has 3 N–H and O–H groups in total. The van der Waals surface area contributed by atoms with E-state index in [2.05, 4.69) is 20.4 Å². The molecule has 1 aromatic carbocycles. The first-order valence-electron chi connectivity index (χ1n) is 8.94. The normalized spacial score (nSPS) is 13.9. The lowest BCUT2D eigenvalue weighted by molar-refractivity contribution is -0.757. The van der Waals surface area contributed by atoms with Crippen molar-refractivity contribution in [2.75, 3.05) is 13.2 Å². The molecule has 1 unspecified atom stereocenters. The Hall–Kier alpha value is -3.63. The van der Waals surface area contributed by atoms with E-state index in [1.165, 1.54) is 23.3 Å². The van der Waals surface area contributed by atoms with E-state index in [0.717, 1.165) is 4.73 Å². The summed E-state index contributed by atoms with van der Waals surface area (Å²) in [4.78, 5) is 0. The first-order valence-corrected chi connectivity index (χ1v) is 8.94. The van der Waals surface area contributed by atoms with Gasteiger partial charge in [-0.1, -0.05) is 41.1 Å². The molecule has 0 radical (unpaired) electrons. The van der Waals surface area contributed by atoms with E-state index in [0.29, 0.717) is 17.6 Å². The quantitative estimate of drug-likeness (QED) is 0.136. The van der Waals surface area contributed by atoms with Crippen LogP contribution in [-0.2, 0) is 6.54 Å². The van der Waals surface area contributed by atoms with Crippen molar-refractivity contribution < 1.29 is 20.0 Å². The van der Waals surface area contributed by atoms with E-state index >= 15 is 0 Å². The molecule has 3 rings (SSSR count). The topological polar surface area (TPSA) is 124 Å².